The number of aliphatic hydroxyl groups excluding tert-OH is 1. The first-order valence-corrected chi connectivity index (χ1v) is 7.26. The predicted octanol–water partition coefficient (Wildman–Crippen LogP) is 2.26. The van der Waals surface area contributed by atoms with Gasteiger partial charge >= 0.3 is 0 Å². The molecule has 21 heavy (non-hydrogen) atoms. The number of hydrogen-bond acceptors (Lipinski definition) is 4. The van der Waals surface area contributed by atoms with Crippen LogP contribution in [-0.4, -0.2) is 33.6 Å². The molecule has 0 saturated carbocycles. The minimum absolute atomic E-state index is 0.124. The molecule has 0 aliphatic carbocycles. The Hall–Kier alpha value is -1.88. The van der Waals surface area contributed by atoms with Crippen LogP contribution in [0.3, 0.4) is 0 Å². The second-order valence-corrected chi connectivity index (χ2v) is 5.52. The molecule has 0 aliphatic rings. The van der Waals surface area contributed by atoms with Crippen molar-refractivity contribution in [1.29, 1.82) is 0 Å². The third-order valence-corrected chi connectivity index (χ3v) is 3.52. The molecule has 0 saturated heterocycles. The summed E-state index contributed by atoms with van der Waals surface area (Å²) < 4.78 is 7.15. The molecule has 1 N–H and O–H groups in total. The molecule has 1 unspecified atom stereocenters. The molecule has 5 nitrogen and oxygen atoms in total. The van der Waals surface area contributed by atoms with Gasteiger partial charge < -0.3 is 9.84 Å². The summed E-state index contributed by atoms with van der Waals surface area (Å²) in [6, 6.07) is 8.24. The fourth-order valence-corrected chi connectivity index (χ4v) is 2.44. The quantitative estimate of drug-likeness (QED) is 0.849. The average Bonchev–Trinajstić information content (AvgIpc) is 2.95. The van der Waals surface area contributed by atoms with E-state index >= 15 is 0 Å². The van der Waals surface area contributed by atoms with Crippen molar-refractivity contribution >= 4 is 0 Å². The van der Waals surface area contributed by atoms with Crippen molar-refractivity contribution in [3.8, 4) is 5.75 Å². The molecule has 5 heteroatoms. The first-order valence-electron chi connectivity index (χ1n) is 7.26. The Morgan fingerprint density at radius 2 is 2.10 bits per heavy atom. The lowest BCUT2D eigenvalue weighted by molar-refractivity contribution is 0.221. The van der Waals surface area contributed by atoms with E-state index < -0.39 is 0 Å². The van der Waals surface area contributed by atoms with Crippen molar-refractivity contribution in [1.82, 2.24) is 14.8 Å². The number of aliphatic hydroxyl groups is 1. The third kappa shape index (κ3) is 4.04. The molecule has 2 rings (SSSR count). The van der Waals surface area contributed by atoms with Gasteiger partial charge in [0, 0.05) is 19.1 Å². The number of methoxy groups -OCH3 is 1. The van der Waals surface area contributed by atoms with Crippen LogP contribution in [0, 0.1) is 5.92 Å². The molecule has 1 atom stereocenters. The van der Waals surface area contributed by atoms with E-state index in [-0.39, 0.29) is 18.6 Å². The van der Waals surface area contributed by atoms with E-state index in [9.17, 15) is 5.11 Å². The van der Waals surface area contributed by atoms with E-state index in [4.69, 9.17) is 4.74 Å². The molecular formula is C16H23N3O2. The minimum atomic E-state index is 0.124. The van der Waals surface area contributed by atoms with Gasteiger partial charge in [0.05, 0.1) is 7.11 Å². The average molecular weight is 289 g/mol. The molecular weight excluding hydrogens is 266 g/mol. The summed E-state index contributed by atoms with van der Waals surface area (Å²) in [5, 5.41) is 13.9. The predicted molar refractivity (Wildman–Crippen MR) is 81.4 cm³/mol. The second kappa shape index (κ2) is 7.22. The zero-order valence-electron chi connectivity index (χ0n) is 12.9. The van der Waals surface area contributed by atoms with E-state index in [1.54, 1.807) is 13.4 Å². The maximum Gasteiger partial charge on any atom is 0.138 e. The van der Waals surface area contributed by atoms with Crippen LogP contribution in [0.1, 0.15) is 31.3 Å². The highest BCUT2D eigenvalue weighted by Gasteiger charge is 2.15. The number of benzene rings is 1. The maximum atomic E-state index is 9.65. The number of nitrogens with zero attached hydrogens (tertiary/aromatic N) is 3. The topological polar surface area (TPSA) is 60.2 Å². The van der Waals surface area contributed by atoms with Crippen molar-refractivity contribution in [2.45, 2.75) is 32.7 Å². The molecule has 1 heterocycles. The van der Waals surface area contributed by atoms with Gasteiger partial charge in [0.1, 0.15) is 17.9 Å². The lowest BCUT2D eigenvalue weighted by Gasteiger charge is -2.16. The highest BCUT2D eigenvalue weighted by atomic mass is 16.5. The first kappa shape index (κ1) is 15.5. The highest BCUT2D eigenvalue weighted by molar-refractivity contribution is 5.28. The molecule has 1 aromatic carbocycles. The van der Waals surface area contributed by atoms with Crippen molar-refractivity contribution in [3.63, 3.8) is 0 Å². The second-order valence-electron chi connectivity index (χ2n) is 5.52. The van der Waals surface area contributed by atoms with Crippen LogP contribution < -0.4 is 4.74 Å². The largest absolute Gasteiger partial charge is 0.497 e. The van der Waals surface area contributed by atoms with Gasteiger partial charge in [-0.2, -0.15) is 5.10 Å². The van der Waals surface area contributed by atoms with Crippen LogP contribution in [0.4, 0.5) is 0 Å². The fraction of sp³-hybridized carbons (Fsp3) is 0.500. The van der Waals surface area contributed by atoms with E-state index in [1.807, 2.05) is 22.9 Å². The summed E-state index contributed by atoms with van der Waals surface area (Å²) in [7, 11) is 1.66. The molecule has 0 spiro atoms. The van der Waals surface area contributed by atoms with Gasteiger partial charge in [-0.05, 0) is 43.9 Å². The summed E-state index contributed by atoms with van der Waals surface area (Å²) >= 11 is 0. The Morgan fingerprint density at radius 3 is 2.76 bits per heavy atom. The molecule has 0 bridgehead atoms. The summed E-state index contributed by atoms with van der Waals surface area (Å²) in [4.78, 5) is 4.32. The van der Waals surface area contributed by atoms with E-state index in [0.29, 0.717) is 6.42 Å². The highest BCUT2D eigenvalue weighted by Crippen LogP contribution is 2.18. The monoisotopic (exact) mass is 289 g/mol. The van der Waals surface area contributed by atoms with Gasteiger partial charge in [-0.25, -0.2) is 9.67 Å². The van der Waals surface area contributed by atoms with Gasteiger partial charge in [-0.1, -0.05) is 12.1 Å². The zero-order valence-corrected chi connectivity index (χ0v) is 12.9. The third-order valence-electron chi connectivity index (χ3n) is 3.52. The van der Waals surface area contributed by atoms with Crippen molar-refractivity contribution in [2.24, 2.45) is 5.92 Å². The number of hydrogen-bond donors (Lipinski definition) is 1. The van der Waals surface area contributed by atoms with E-state index in [2.05, 4.69) is 30.0 Å². The van der Waals surface area contributed by atoms with Crippen LogP contribution in [-0.2, 0) is 12.8 Å². The van der Waals surface area contributed by atoms with Crippen LogP contribution in [0.15, 0.2) is 30.6 Å². The minimum Gasteiger partial charge on any atom is -0.497 e. The molecule has 1 aromatic heterocycles. The Balaban J connectivity index is 2.07. The van der Waals surface area contributed by atoms with E-state index in [1.165, 1.54) is 0 Å². The summed E-state index contributed by atoms with van der Waals surface area (Å²) in [5.41, 5.74) is 1.16. The smallest absolute Gasteiger partial charge is 0.138 e. The zero-order chi connectivity index (χ0) is 15.2. The van der Waals surface area contributed by atoms with Crippen LogP contribution in [0.5, 0.6) is 5.75 Å². The molecule has 0 fully saturated rings. The number of aromatic nitrogens is 3. The Morgan fingerprint density at radius 1 is 1.29 bits per heavy atom. The Kier molecular flexibility index (Phi) is 5.33. The summed E-state index contributed by atoms with van der Waals surface area (Å²) in [5.74, 6) is 1.89. The Labute approximate surface area is 125 Å². The van der Waals surface area contributed by atoms with E-state index in [0.717, 1.165) is 23.6 Å². The van der Waals surface area contributed by atoms with Gasteiger partial charge in [0.25, 0.3) is 0 Å². The summed E-state index contributed by atoms with van der Waals surface area (Å²) in [6.07, 6.45) is 3.08. The lowest BCUT2D eigenvalue weighted by Crippen LogP contribution is -2.17. The van der Waals surface area contributed by atoms with Gasteiger partial charge in [-0.3, -0.25) is 0 Å². The molecule has 2 aromatic rings. The van der Waals surface area contributed by atoms with Crippen LogP contribution in [0.2, 0.25) is 0 Å². The van der Waals surface area contributed by atoms with Gasteiger partial charge in [-0.15, -0.1) is 0 Å². The molecule has 114 valence electrons. The normalized spacial score (nSPS) is 12.6. The van der Waals surface area contributed by atoms with Crippen molar-refractivity contribution in [2.75, 3.05) is 13.7 Å². The van der Waals surface area contributed by atoms with Gasteiger partial charge in [0.2, 0.25) is 0 Å². The van der Waals surface area contributed by atoms with Crippen molar-refractivity contribution < 1.29 is 9.84 Å². The standard InChI is InChI=1S/C16H23N3O2/c1-12(2)19-16(17-11-18-19)9-14(10-20)7-13-5-4-6-15(8-13)21-3/h4-6,8,11-12,14,20H,7,9-10H2,1-3H3. The maximum absolute atomic E-state index is 9.65. The lowest BCUT2D eigenvalue weighted by atomic mass is 9.96. The molecule has 0 aliphatic heterocycles. The molecule has 0 radical (unpaired) electrons. The van der Waals surface area contributed by atoms with Gasteiger partial charge in [0.15, 0.2) is 0 Å². The number of rotatable bonds is 7. The summed E-state index contributed by atoms with van der Waals surface area (Å²) in [6.45, 7) is 4.28. The molecule has 0 amide bonds. The van der Waals surface area contributed by atoms with Crippen LogP contribution in [0.25, 0.3) is 0 Å². The Bertz CT molecular complexity index is 566. The SMILES string of the molecule is COc1cccc(CC(CO)Cc2ncnn2C(C)C)c1. The fourth-order valence-electron chi connectivity index (χ4n) is 2.44. The van der Waals surface area contributed by atoms with Crippen molar-refractivity contribution in [3.05, 3.63) is 42.0 Å². The first-order chi connectivity index (χ1) is 10.1. The van der Waals surface area contributed by atoms with Crippen LogP contribution >= 0.6 is 0 Å². The number of ether oxygens (including phenoxy) is 1.